The van der Waals surface area contributed by atoms with Crippen LogP contribution >= 0.6 is 0 Å². The molecule has 2 rings (SSSR count). The average molecular weight is 330 g/mol. The van der Waals surface area contributed by atoms with E-state index in [1.807, 2.05) is 0 Å². The summed E-state index contributed by atoms with van der Waals surface area (Å²) < 4.78 is 0. The number of hydrogen-bond donors (Lipinski definition) is 2. The first-order chi connectivity index (χ1) is 11.4. The Morgan fingerprint density at radius 1 is 1.08 bits per heavy atom. The standard InChI is InChI=1S/C14H10N4O6/c19-13-3-1-2-10(6-13)14(20)16-15-8-9-4-11(17(21)22)7-12(5-9)18(23)24/h1-8,19H,(H,16,20). The van der Waals surface area contributed by atoms with E-state index in [-0.39, 0.29) is 16.9 Å². The smallest absolute Gasteiger partial charge is 0.276 e. The summed E-state index contributed by atoms with van der Waals surface area (Å²) in [4.78, 5) is 31.8. The molecule has 0 saturated heterocycles. The summed E-state index contributed by atoms with van der Waals surface area (Å²) in [5, 5.41) is 34.4. The summed E-state index contributed by atoms with van der Waals surface area (Å²) in [6.45, 7) is 0. The lowest BCUT2D eigenvalue weighted by Gasteiger charge is -2.00. The lowest BCUT2D eigenvalue weighted by molar-refractivity contribution is -0.394. The van der Waals surface area contributed by atoms with Gasteiger partial charge in [-0.15, -0.1) is 0 Å². The number of aromatic hydroxyl groups is 1. The first kappa shape index (κ1) is 16.5. The van der Waals surface area contributed by atoms with Gasteiger partial charge in [-0.3, -0.25) is 25.0 Å². The molecule has 0 aliphatic rings. The maximum Gasteiger partial charge on any atom is 0.276 e. The van der Waals surface area contributed by atoms with E-state index in [9.17, 15) is 30.1 Å². The van der Waals surface area contributed by atoms with E-state index in [0.717, 1.165) is 24.4 Å². The minimum Gasteiger partial charge on any atom is -0.508 e. The van der Waals surface area contributed by atoms with Gasteiger partial charge in [-0.2, -0.15) is 5.10 Å². The molecule has 2 aromatic carbocycles. The van der Waals surface area contributed by atoms with Crippen molar-refractivity contribution >= 4 is 23.5 Å². The van der Waals surface area contributed by atoms with Crippen molar-refractivity contribution in [3.05, 3.63) is 73.8 Å². The van der Waals surface area contributed by atoms with Crippen LogP contribution in [-0.2, 0) is 0 Å². The molecule has 0 unspecified atom stereocenters. The Kier molecular flexibility index (Phi) is 4.80. The van der Waals surface area contributed by atoms with E-state index in [4.69, 9.17) is 0 Å². The van der Waals surface area contributed by atoms with Gasteiger partial charge in [-0.25, -0.2) is 5.43 Å². The van der Waals surface area contributed by atoms with Crippen LogP contribution in [0.3, 0.4) is 0 Å². The number of rotatable bonds is 5. The molecule has 24 heavy (non-hydrogen) atoms. The Balaban J connectivity index is 2.18. The number of carbonyl (C=O) groups is 1. The number of phenolic OH excluding ortho intramolecular Hbond substituents is 1. The SMILES string of the molecule is O=C(NN=Cc1cc([N+](=O)[O-])cc([N+](=O)[O-])c1)c1cccc(O)c1. The summed E-state index contributed by atoms with van der Waals surface area (Å²) in [6, 6.07) is 8.52. The Labute approximate surface area is 134 Å². The number of non-ortho nitro benzene ring substituents is 2. The van der Waals surface area contributed by atoms with Gasteiger partial charge in [0.15, 0.2) is 0 Å². The van der Waals surface area contributed by atoms with Gasteiger partial charge in [0.2, 0.25) is 0 Å². The highest BCUT2D eigenvalue weighted by molar-refractivity contribution is 5.95. The van der Waals surface area contributed by atoms with Gasteiger partial charge in [-0.1, -0.05) is 6.07 Å². The largest absolute Gasteiger partial charge is 0.508 e. The minimum atomic E-state index is -0.768. The number of phenols is 1. The highest BCUT2D eigenvalue weighted by atomic mass is 16.6. The zero-order valence-electron chi connectivity index (χ0n) is 11.9. The fourth-order valence-corrected chi connectivity index (χ4v) is 1.78. The monoisotopic (exact) mass is 330 g/mol. The van der Waals surface area contributed by atoms with Crippen LogP contribution in [0.15, 0.2) is 47.6 Å². The van der Waals surface area contributed by atoms with E-state index in [1.165, 1.54) is 24.3 Å². The van der Waals surface area contributed by atoms with Gasteiger partial charge < -0.3 is 5.11 Å². The van der Waals surface area contributed by atoms with Gasteiger partial charge in [0.05, 0.1) is 22.1 Å². The third kappa shape index (κ3) is 4.10. The molecule has 0 atom stereocenters. The van der Waals surface area contributed by atoms with E-state index >= 15 is 0 Å². The molecule has 122 valence electrons. The molecule has 10 heteroatoms. The molecule has 0 spiro atoms. The molecule has 0 aliphatic heterocycles. The summed E-state index contributed by atoms with van der Waals surface area (Å²) in [5.74, 6) is -0.719. The van der Waals surface area contributed by atoms with E-state index in [1.54, 1.807) is 0 Å². The molecule has 0 aromatic heterocycles. The van der Waals surface area contributed by atoms with Crippen molar-refractivity contribution in [2.24, 2.45) is 5.10 Å². The normalized spacial score (nSPS) is 10.5. The second-order valence-electron chi connectivity index (χ2n) is 4.55. The number of nitrogens with zero attached hydrogens (tertiary/aromatic N) is 3. The van der Waals surface area contributed by atoms with E-state index < -0.39 is 27.1 Å². The summed E-state index contributed by atoms with van der Waals surface area (Å²) in [5.41, 5.74) is 1.44. The van der Waals surface area contributed by atoms with Gasteiger partial charge >= 0.3 is 0 Å². The molecular formula is C14H10N4O6. The first-order valence-electron chi connectivity index (χ1n) is 6.43. The second-order valence-corrected chi connectivity index (χ2v) is 4.55. The number of nitro benzene ring substituents is 2. The fraction of sp³-hybridized carbons (Fsp3) is 0. The third-order valence-electron chi connectivity index (χ3n) is 2.83. The van der Waals surface area contributed by atoms with Crippen LogP contribution in [0.4, 0.5) is 11.4 Å². The van der Waals surface area contributed by atoms with Gasteiger partial charge in [0.1, 0.15) is 5.75 Å². The summed E-state index contributed by atoms with van der Waals surface area (Å²) >= 11 is 0. The van der Waals surface area contributed by atoms with Crippen molar-refractivity contribution in [2.45, 2.75) is 0 Å². The second kappa shape index (κ2) is 6.96. The Hall–Kier alpha value is -3.82. The van der Waals surface area contributed by atoms with Crippen molar-refractivity contribution in [1.29, 1.82) is 0 Å². The van der Waals surface area contributed by atoms with E-state index in [2.05, 4.69) is 10.5 Å². The molecule has 0 radical (unpaired) electrons. The molecule has 0 heterocycles. The zero-order chi connectivity index (χ0) is 17.7. The average Bonchev–Trinajstić information content (AvgIpc) is 2.54. The number of nitrogens with one attached hydrogen (secondary N) is 1. The Morgan fingerprint density at radius 2 is 1.71 bits per heavy atom. The number of nitro groups is 2. The van der Waals surface area contributed by atoms with Crippen molar-refractivity contribution in [3.8, 4) is 5.75 Å². The maximum absolute atomic E-state index is 11.8. The predicted octanol–water partition coefficient (Wildman–Crippen LogP) is 1.97. The van der Waals surface area contributed by atoms with Crippen molar-refractivity contribution in [1.82, 2.24) is 5.43 Å². The van der Waals surface area contributed by atoms with Gasteiger partial charge in [0.25, 0.3) is 17.3 Å². The number of amides is 1. The summed E-state index contributed by atoms with van der Waals surface area (Å²) in [7, 11) is 0. The van der Waals surface area contributed by atoms with Crippen LogP contribution in [0, 0.1) is 20.2 Å². The van der Waals surface area contributed by atoms with Crippen LogP contribution < -0.4 is 5.43 Å². The summed E-state index contributed by atoms with van der Waals surface area (Å²) in [6.07, 6.45) is 1.04. The van der Waals surface area contributed by atoms with Crippen molar-refractivity contribution in [3.63, 3.8) is 0 Å². The van der Waals surface area contributed by atoms with Gasteiger partial charge in [0, 0.05) is 23.3 Å². The lowest BCUT2D eigenvalue weighted by atomic mass is 10.2. The molecule has 10 nitrogen and oxygen atoms in total. The number of carbonyl (C=O) groups excluding carboxylic acids is 1. The molecule has 0 aliphatic carbocycles. The molecular weight excluding hydrogens is 320 g/mol. The van der Waals surface area contributed by atoms with Crippen LogP contribution in [-0.4, -0.2) is 27.1 Å². The third-order valence-corrected chi connectivity index (χ3v) is 2.83. The van der Waals surface area contributed by atoms with Crippen LogP contribution in [0.25, 0.3) is 0 Å². The highest BCUT2D eigenvalue weighted by Gasteiger charge is 2.15. The van der Waals surface area contributed by atoms with E-state index in [0.29, 0.717) is 0 Å². The van der Waals surface area contributed by atoms with Gasteiger partial charge in [-0.05, 0) is 18.2 Å². The Morgan fingerprint density at radius 3 is 2.25 bits per heavy atom. The van der Waals surface area contributed by atoms with Crippen LogP contribution in [0.5, 0.6) is 5.75 Å². The zero-order valence-corrected chi connectivity index (χ0v) is 11.9. The quantitative estimate of drug-likeness (QED) is 0.486. The predicted molar refractivity (Wildman–Crippen MR) is 82.9 cm³/mol. The lowest BCUT2D eigenvalue weighted by Crippen LogP contribution is -2.17. The fourth-order valence-electron chi connectivity index (χ4n) is 1.78. The van der Waals surface area contributed by atoms with Crippen molar-refractivity contribution < 1.29 is 19.7 Å². The van der Waals surface area contributed by atoms with Crippen molar-refractivity contribution in [2.75, 3.05) is 0 Å². The number of hydrogen-bond acceptors (Lipinski definition) is 7. The Bertz CT molecular complexity index is 817. The first-order valence-corrected chi connectivity index (χ1v) is 6.43. The number of benzene rings is 2. The minimum absolute atomic E-state index is 0.0760. The van der Waals surface area contributed by atoms with Crippen LogP contribution in [0.1, 0.15) is 15.9 Å². The maximum atomic E-state index is 11.8. The molecule has 2 aromatic rings. The topological polar surface area (TPSA) is 148 Å². The molecule has 2 N–H and O–H groups in total. The molecule has 0 fully saturated rings. The molecule has 0 saturated carbocycles. The van der Waals surface area contributed by atoms with Crippen LogP contribution in [0.2, 0.25) is 0 Å². The molecule has 0 bridgehead atoms. The molecule has 1 amide bonds. The number of hydrazone groups is 1. The highest BCUT2D eigenvalue weighted by Crippen LogP contribution is 2.21.